The molecule has 4 N–H and O–H groups in total. The summed E-state index contributed by atoms with van der Waals surface area (Å²) in [5, 5.41) is 9.01. The van der Waals surface area contributed by atoms with Crippen LogP contribution in [0.1, 0.15) is 10.4 Å². The molecule has 5 nitrogen and oxygen atoms in total. The number of nitrogens with one attached hydrogen (secondary N) is 2. The highest BCUT2D eigenvalue weighted by molar-refractivity contribution is 9.10. The van der Waals surface area contributed by atoms with E-state index >= 15 is 0 Å². The Hall–Kier alpha value is -1.82. The average molecular weight is 281 g/mol. The number of nitrogens with zero attached hydrogens (tertiary/aromatic N) is 1. The summed E-state index contributed by atoms with van der Waals surface area (Å²) in [5.74, 6) is -0.217. The third-order valence-electron chi connectivity index (χ3n) is 2.02. The molecular formula is C10H9BrN4O. The van der Waals surface area contributed by atoms with E-state index in [4.69, 9.17) is 5.73 Å². The largest absolute Gasteiger partial charge is 0.398 e. The van der Waals surface area contributed by atoms with Crippen molar-refractivity contribution in [3.8, 4) is 0 Å². The van der Waals surface area contributed by atoms with Crippen molar-refractivity contribution in [1.29, 1.82) is 0 Å². The highest BCUT2D eigenvalue weighted by atomic mass is 79.9. The fraction of sp³-hybridized carbons (Fsp3) is 0. The number of halogens is 1. The predicted molar refractivity (Wildman–Crippen MR) is 65.1 cm³/mol. The number of hydrogen-bond acceptors (Lipinski definition) is 3. The Morgan fingerprint density at radius 3 is 2.94 bits per heavy atom. The Bertz CT molecular complexity index is 510. The molecule has 2 aromatic rings. The van der Waals surface area contributed by atoms with Gasteiger partial charge in [0.25, 0.3) is 5.91 Å². The van der Waals surface area contributed by atoms with Gasteiger partial charge in [0.05, 0.1) is 11.8 Å². The monoisotopic (exact) mass is 280 g/mol. The van der Waals surface area contributed by atoms with E-state index < -0.39 is 0 Å². The van der Waals surface area contributed by atoms with E-state index in [2.05, 4.69) is 31.4 Å². The van der Waals surface area contributed by atoms with Crippen molar-refractivity contribution in [3.63, 3.8) is 0 Å². The van der Waals surface area contributed by atoms with E-state index in [-0.39, 0.29) is 5.91 Å². The number of nitrogen functional groups attached to an aromatic ring is 1. The lowest BCUT2D eigenvalue weighted by molar-refractivity contribution is 0.102. The number of amides is 1. The van der Waals surface area contributed by atoms with Crippen molar-refractivity contribution in [2.24, 2.45) is 0 Å². The quantitative estimate of drug-likeness (QED) is 0.736. The van der Waals surface area contributed by atoms with E-state index in [1.807, 2.05) is 0 Å². The van der Waals surface area contributed by atoms with E-state index in [0.29, 0.717) is 16.9 Å². The maximum Gasteiger partial charge on any atom is 0.258 e. The van der Waals surface area contributed by atoms with Crippen LogP contribution in [0, 0.1) is 0 Å². The van der Waals surface area contributed by atoms with E-state index in [9.17, 15) is 4.79 Å². The van der Waals surface area contributed by atoms with E-state index in [1.54, 1.807) is 18.2 Å². The summed E-state index contributed by atoms with van der Waals surface area (Å²) in [6.45, 7) is 0. The first-order chi connectivity index (χ1) is 7.66. The molecule has 0 aliphatic rings. The Balaban J connectivity index is 2.15. The molecule has 0 aliphatic heterocycles. The minimum atomic E-state index is -0.217. The molecule has 1 heterocycles. The van der Waals surface area contributed by atoms with Gasteiger partial charge in [0.1, 0.15) is 0 Å². The molecule has 16 heavy (non-hydrogen) atoms. The molecule has 0 bridgehead atoms. The second-order valence-corrected chi connectivity index (χ2v) is 4.03. The SMILES string of the molecule is Nc1ccc(NC(=O)c2cn[nH]c2)cc1Br. The number of carbonyl (C=O) groups excluding carboxylic acids is 1. The second kappa shape index (κ2) is 4.36. The zero-order valence-corrected chi connectivity index (χ0v) is 9.78. The molecule has 6 heteroatoms. The van der Waals surface area contributed by atoms with Crippen LogP contribution in [0.25, 0.3) is 0 Å². The van der Waals surface area contributed by atoms with Gasteiger partial charge in [0.2, 0.25) is 0 Å². The van der Waals surface area contributed by atoms with Crippen LogP contribution in [0.2, 0.25) is 0 Å². The zero-order valence-electron chi connectivity index (χ0n) is 8.20. The van der Waals surface area contributed by atoms with Gasteiger partial charge in [-0.15, -0.1) is 0 Å². The number of aromatic amines is 1. The Labute approximate surface area is 100 Å². The molecule has 0 unspecified atom stereocenters. The molecule has 1 aromatic carbocycles. The van der Waals surface area contributed by atoms with Gasteiger partial charge in [-0.3, -0.25) is 9.89 Å². The number of aromatic nitrogens is 2. The normalized spacial score (nSPS) is 10.1. The van der Waals surface area contributed by atoms with Gasteiger partial charge in [-0.1, -0.05) is 0 Å². The summed E-state index contributed by atoms with van der Waals surface area (Å²) in [5.41, 5.74) is 7.42. The Kier molecular flexibility index (Phi) is 2.91. The van der Waals surface area contributed by atoms with E-state index in [0.717, 1.165) is 4.47 Å². The Morgan fingerprint density at radius 2 is 2.31 bits per heavy atom. The molecule has 0 spiro atoms. The van der Waals surface area contributed by atoms with Gasteiger partial charge in [-0.2, -0.15) is 5.10 Å². The molecule has 0 saturated heterocycles. The fourth-order valence-corrected chi connectivity index (χ4v) is 1.56. The van der Waals surface area contributed by atoms with Crippen molar-refractivity contribution in [2.75, 3.05) is 11.1 Å². The van der Waals surface area contributed by atoms with Crippen molar-refractivity contribution in [2.45, 2.75) is 0 Å². The maximum atomic E-state index is 11.7. The van der Waals surface area contributed by atoms with Crippen LogP contribution in [-0.4, -0.2) is 16.1 Å². The summed E-state index contributed by atoms with van der Waals surface area (Å²) >= 11 is 3.29. The molecule has 82 valence electrons. The minimum absolute atomic E-state index is 0.217. The van der Waals surface area contributed by atoms with Crippen molar-refractivity contribution < 1.29 is 4.79 Å². The summed E-state index contributed by atoms with van der Waals surface area (Å²) in [6.07, 6.45) is 2.99. The van der Waals surface area contributed by atoms with Gasteiger partial charge in [0, 0.05) is 22.0 Å². The number of carbonyl (C=O) groups is 1. The van der Waals surface area contributed by atoms with Gasteiger partial charge < -0.3 is 11.1 Å². The van der Waals surface area contributed by atoms with Crippen molar-refractivity contribution in [1.82, 2.24) is 10.2 Å². The number of nitrogens with two attached hydrogens (primary N) is 1. The molecule has 0 aliphatic carbocycles. The third-order valence-corrected chi connectivity index (χ3v) is 2.71. The summed E-state index contributed by atoms with van der Waals surface area (Å²) < 4.78 is 0.748. The smallest absolute Gasteiger partial charge is 0.258 e. The number of anilines is 2. The number of rotatable bonds is 2. The maximum absolute atomic E-state index is 11.7. The van der Waals surface area contributed by atoms with Crippen LogP contribution in [0.3, 0.4) is 0 Å². The van der Waals surface area contributed by atoms with Crippen LogP contribution in [0.15, 0.2) is 35.1 Å². The lowest BCUT2D eigenvalue weighted by Crippen LogP contribution is -2.10. The lowest BCUT2D eigenvalue weighted by atomic mass is 10.2. The van der Waals surface area contributed by atoms with Gasteiger partial charge in [0.15, 0.2) is 0 Å². The standard InChI is InChI=1S/C10H9BrN4O/c11-8-3-7(1-2-9(8)12)15-10(16)6-4-13-14-5-6/h1-5H,12H2,(H,13,14)(H,15,16). The van der Waals surface area contributed by atoms with Gasteiger partial charge >= 0.3 is 0 Å². The van der Waals surface area contributed by atoms with Crippen LogP contribution in [-0.2, 0) is 0 Å². The minimum Gasteiger partial charge on any atom is -0.398 e. The lowest BCUT2D eigenvalue weighted by Gasteiger charge is -2.05. The van der Waals surface area contributed by atoms with Crippen LogP contribution in [0.5, 0.6) is 0 Å². The molecule has 2 rings (SSSR count). The average Bonchev–Trinajstić information content (AvgIpc) is 2.77. The predicted octanol–water partition coefficient (Wildman–Crippen LogP) is 2.01. The second-order valence-electron chi connectivity index (χ2n) is 3.18. The molecule has 0 radical (unpaired) electrons. The third kappa shape index (κ3) is 2.22. The number of H-pyrrole nitrogens is 1. The molecule has 0 saturated carbocycles. The van der Waals surface area contributed by atoms with Crippen LogP contribution >= 0.6 is 15.9 Å². The molecular weight excluding hydrogens is 272 g/mol. The van der Waals surface area contributed by atoms with Crippen LogP contribution < -0.4 is 11.1 Å². The molecule has 1 amide bonds. The summed E-state index contributed by atoms with van der Waals surface area (Å²) in [6, 6.07) is 5.19. The first-order valence-electron chi connectivity index (χ1n) is 4.52. The van der Waals surface area contributed by atoms with Crippen LogP contribution in [0.4, 0.5) is 11.4 Å². The highest BCUT2D eigenvalue weighted by Crippen LogP contribution is 2.23. The number of benzene rings is 1. The molecule has 0 fully saturated rings. The topological polar surface area (TPSA) is 83.8 Å². The molecule has 1 aromatic heterocycles. The zero-order chi connectivity index (χ0) is 11.5. The van der Waals surface area contributed by atoms with E-state index in [1.165, 1.54) is 12.4 Å². The first-order valence-corrected chi connectivity index (χ1v) is 5.31. The number of hydrogen-bond donors (Lipinski definition) is 3. The summed E-state index contributed by atoms with van der Waals surface area (Å²) in [4.78, 5) is 11.7. The van der Waals surface area contributed by atoms with Crippen molar-refractivity contribution >= 4 is 33.2 Å². The first kappa shape index (κ1) is 10.7. The van der Waals surface area contributed by atoms with Crippen molar-refractivity contribution in [3.05, 3.63) is 40.6 Å². The van der Waals surface area contributed by atoms with Gasteiger partial charge in [-0.05, 0) is 34.1 Å². The van der Waals surface area contributed by atoms with Gasteiger partial charge in [-0.25, -0.2) is 0 Å². The highest BCUT2D eigenvalue weighted by Gasteiger charge is 2.07. The fourth-order valence-electron chi connectivity index (χ4n) is 1.18. The summed E-state index contributed by atoms with van der Waals surface area (Å²) in [7, 11) is 0. The molecule has 0 atom stereocenters. The Morgan fingerprint density at radius 1 is 1.50 bits per heavy atom.